The Morgan fingerprint density at radius 2 is 2.47 bits per heavy atom. The molecule has 5 heteroatoms. The number of nitrogens with zero attached hydrogens (tertiary/aromatic N) is 2. The molecular weight excluding hydrogens is 194 g/mol. The van der Waals surface area contributed by atoms with Crippen molar-refractivity contribution in [2.45, 2.75) is 13.3 Å². The zero-order chi connectivity index (χ0) is 11.3. The molecule has 5 nitrogen and oxygen atoms in total. The van der Waals surface area contributed by atoms with Crippen LogP contribution in [0.3, 0.4) is 0 Å². The molecular formula is C10H13N3O2. The smallest absolute Gasteiger partial charge is 0.339 e. The molecule has 1 aromatic heterocycles. The van der Waals surface area contributed by atoms with Gasteiger partial charge in [0, 0.05) is 12.7 Å². The molecule has 0 aliphatic rings. The Morgan fingerprint density at radius 3 is 3.00 bits per heavy atom. The van der Waals surface area contributed by atoms with Gasteiger partial charge in [-0.05, 0) is 13.3 Å². The van der Waals surface area contributed by atoms with Crippen LogP contribution in [0.5, 0.6) is 0 Å². The normalized spacial score (nSPS) is 9.67. The Labute approximate surface area is 87.9 Å². The minimum Gasteiger partial charge on any atom is -0.478 e. The van der Waals surface area contributed by atoms with Crippen molar-refractivity contribution in [3.8, 4) is 0 Å². The summed E-state index contributed by atoms with van der Waals surface area (Å²) in [5.41, 5.74) is 0.586. The summed E-state index contributed by atoms with van der Waals surface area (Å²) in [5.74, 6) is -0.565. The summed E-state index contributed by atoms with van der Waals surface area (Å²) in [7, 11) is 0. The number of aromatic nitrogens is 2. The summed E-state index contributed by atoms with van der Waals surface area (Å²) >= 11 is 0. The second-order valence-electron chi connectivity index (χ2n) is 3.00. The van der Waals surface area contributed by atoms with Crippen molar-refractivity contribution in [2.24, 2.45) is 0 Å². The monoisotopic (exact) mass is 207 g/mol. The quantitative estimate of drug-likeness (QED) is 0.565. The molecule has 0 saturated carbocycles. The number of carboxylic acid groups (broad SMARTS) is 1. The van der Waals surface area contributed by atoms with E-state index in [1.165, 1.54) is 6.20 Å². The van der Waals surface area contributed by atoms with Crippen LogP contribution in [0, 0.1) is 6.92 Å². The average molecular weight is 207 g/mol. The molecule has 1 heterocycles. The zero-order valence-electron chi connectivity index (χ0n) is 8.53. The maximum atomic E-state index is 10.7. The molecule has 0 saturated heterocycles. The summed E-state index contributed by atoms with van der Waals surface area (Å²) in [6, 6.07) is 0. The molecule has 80 valence electrons. The van der Waals surface area contributed by atoms with E-state index in [1.54, 1.807) is 13.0 Å². The predicted molar refractivity (Wildman–Crippen MR) is 57.0 cm³/mol. The Kier molecular flexibility index (Phi) is 3.79. The minimum atomic E-state index is -1.01. The van der Waals surface area contributed by atoms with Gasteiger partial charge in [-0.1, -0.05) is 6.08 Å². The topological polar surface area (TPSA) is 75.1 Å². The number of rotatable bonds is 5. The molecule has 0 bridgehead atoms. The predicted octanol–water partition coefficient (Wildman–Crippen LogP) is 1.47. The van der Waals surface area contributed by atoms with Crippen molar-refractivity contribution in [1.29, 1.82) is 0 Å². The summed E-state index contributed by atoms with van der Waals surface area (Å²) < 4.78 is 0. The molecule has 0 aromatic carbocycles. The fourth-order valence-corrected chi connectivity index (χ4v) is 1.05. The largest absolute Gasteiger partial charge is 0.478 e. The molecule has 0 atom stereocenters. The summed E-state index contributed by atoms with van der Waals surface area (Å²) in [5, 5.41) is 11.7. The lowest BCUT2D eigenvalue weighted by Crippen LogP contribution is -2.09. The molecule has 0 aliphatic carbocycles. The molecule has 0 amide bonds. The van der Waals surface area contributed by atoms with E-state index in [9.17, 15) is 4.79 Å². The van der Waals surface area contributed by atoms with Gasteiger partial charge < -0.3 is 10.4 Å². The van der Waals surface area contributed by atoms with E-state index >= 15 is 0 Å². The minimum absolute atomic E-state index is 0.129. The first kappa shape index (κ1) is 11.2. The number of hydrogen-bond acceptors (Lipinski definition) is 4. The SMILES string of the molecule is C=CCCNc1ncc(C(=O)O)c(C)n1. The fourth-order valence-electron chi connectivity index (χ4n) is 1.05. The van der Waals surface area contributed by atoms with Crippen LogP contribution in [-0.2, 0) is 0 Å². The number of aryl methyl sites for hydroxylation is 1. The third-order valence-corrected chi connectivity index (χ3v) is 1.84. The van der Waals surface area contributed by atoms with Crippen LogP contribution in [0.4, 0.5) is 5.95 Å². The van der Waals surface area contributed by atoms with Crippen LogP contribution < -0.4 is 5.32 Å². The molecule has 0 aliphatic heterocycles. The summed E-state index contributed by atoms with van der Waals surface area (Å²) in [4.78, 5) is 18.6. The molecule has 0 radical (unpaired) electrons. The van der Waals surface area contributed by atoms with Gasteiger partial charge in [-0.2, -0.15) is 0 Å². The van der Waals surface area contributed by atoms with Crippen molar-refractivity contribution >= 4 is 11.9 Å². The van der Waals surface area contributed by atoms with Gasteiger partial charge in [0.2, 0.25) is 5.95 Å². The Morgan fingerprint density at radius 1 is 1.73 bits per heavy atom. The second-order valence-corrected chi connectivity index (χ2v) is 3.00. The second kappa shape index (κ2) is 5.09. The van der Waals surface area contributed by atoms with Gasteiger partial charge in [-0.15, -0.1) is 6.58 Å². The van der Waals surface area contributed by atoms with E-state index < -0.39 is 5.97 Å². The van der Waals surface area contributed by atoms with Crippen LogP contribution in [0.1, 0.15) is 22.5 Å². The van der Waals surface area contributed by atoms with Crippen LogP contribution >= 0.6 is 0 Å². The lowest BCUT2D eigenvalue weighted by Gasteiger charge is -2.04. The number of anilines is 1. The first-order valence-corrected chi connectivity index (χ1v) is 4.57. The fraction of sp³-hybridized carbons (Fsp3) is 0.300. The molecule has 1 rings (SSSR count). The first-order chi connectivity index (χ1) is 7.15. The van der Waals surface area contributed by atoms with E-state index in [4.69, 9.17) is 5.11 Å². The lowest BCUT2D eigenvalue weighted by atomic mass is 10.2. The molecule has 1 aromatic rings. The number of carboxylic acids is 1. The Balaban J connectivity index is 2.73. The number of carbonyl (C=O) groups is 1. The number of nitrogens with one attached hydrogen (secondary N) is 1. The van der Waals surface area contributed by atoms with Gasteiger partial charge in [-0.25, -0.2) is 14.8 Å². The van der Waals surface area contributed by atoms with Crippen LogP contribution in [0.2, 0.25) is 0 Å². The molecule has 0 spiro atoms. The molecule has 0 unspecified atom stereocenters. The lowest BCUT2D eigenvalue weighted by molar-refractivity contribution is 0.0695. The van der Waals surface area contributed by atoms with E-state index in [0.29, 0.717) is 18.2 Å². The summed E-state index contributed by atoms with van der Waals surface area (Å²) in [6.07, 6.45) is 3.90. The highest BCUT2D eigenvalue weighted by Gasteiger charge is 2.09. The van der Waals surface area contributed by atoms with Crippen molar-refractivity contribution in [3.05, 3.63) is 30.1 Å². The van der Waals surface area contributed by atoms with Gasteiger partial charge in [0.15, 0.2) is 0 Å². The maximum absolute atomic E-state index is 10.7. The van der Waals surface area contributed by atoms with E-state index in [-0.39, 0.29) is 5.56 Å². The zero-order valence-corrected chi connectivity index (χ0v) is 8.53. The first-order valence-electron chi connectivity index (χ1n) is 4.57. The number of aromatic carboxylic acids is 1. The van der Waals surface area contributed by atoms with Crippen LogP contribution in [0.25, 0.3) is 0 Å². The van der Waals surface area contributed by atoms with Gasteiger partial charge >= 0.3 is 5.97 Å². The average Bonchev–Trinajstić information content (AvgIpc) is 2.17. The molecule has 0 fully saturated rings. The van der Waals surface area contributed by atoms with E-state index in [1.807, 2.05) is 0 Å². The van der Waals surface area contributed by atoms with Gasteiger partial charge in [0.05, 0.1) is 11.3 Å². The highest BCUT2D eigenvalue weighted by Crippen LogP contribution is 2.06. The number of hydrogen-bond donors (Lipinski definition) is 2. The van der Waals surface area contributed by atoms with Crippen LogP contribution in [-0.4, -0.2) is 27.6 Å². The van der Waals surface area contributed by atoms with Gasteiger partial charge in [-0.3, -0.25) is 0 Å². The van der Waals surface area contributed by atoms with Gasteiger partial charge in [0.1, 0.15) is 0 Å². The van der Waals surface area contributed by atoms with Gasteiger partial charge in [0.25, 0.3) is 0 Å². The summed E-state index contributed by atoms with van der Waals surface area (Å²) in [6.45, 7) is 5.92. The van der Waals surface area contributed by atoms with Crippen molar-refractivity contribution in [1.82, 2.24) is 9.97 Å². The van der Waals surface area contributed by atoms with Crippen molar-refractivity contribution < 1.29 is 9.90 Å². The van der Waals surface area contributed by atoms with Crippen molar-refractivity contribution in [2.75, 3.05) is 11.9 Å². The molecule has 15 heavy (non-hydrogen) atoms. The maximum Gasteiger partial charge on any atom is 0.339 e. The van der Waals surface area contributed by atoms with E-state index in [2.05, 4.69) is 21.9 Å². The highest BCUT2D eigenvalue weighted by atomic mass is 16.4. The van der Waals surface area contributed by atoms with Crippen molar-refractivity contribution in [3.63, 3.8) is 0 Å². The Bertz CT molecular complexity index is 377. The van der Waals surface area contributed by atoms with E-state index in [0.717, 1.165) is 6.42 Å². The molecule has 2 N–H and O–H groups in total. The third kappa shape index (κ3) is 3.05. The highest BCUT2D eigenvalue weighted by molar-refractivity contribution is 5.88. The standard InChI is InChI=1S/C10H13N3O2/c1-3-4-5-11-10-12-6-8(9(14)15)7(2)13-10/h3,6H,1,4-5H2,2H3,(H,14,15)(H,11,12,13). The third-order valence-electron chi connectivity index (χ3n) is 1.84. The Hall–Kier alpha value is -1.91. The van der Waals surface area contributed by atoms with Crippen LogP contribution in [0.15, 0.2) is 18.9 Å².